The Bertz CT molecular complexity index is 632. The Kier molecular flexibility index (Phi) is 3.15. The Balaban J connectivity index is 1.73. The van der Waals surface area contributed by atoms with Gasteiger partial charge in [0.2, 0.25) is 0 Å². The second kappa shape index (κ2) is 4.81. The predicted octanol–water partition coefficient (Wildman–Crippen LogP) is 5.00. The summed E-state index contributed by atoms with van der Waals surface area (Å²) in [5.74, 6) is 2.09. The number of hydrogen-bond donors (Lipinski definition) is 0. The maximum absolute atomic E-state index is 11.4. The quantitative estimate of drug-likeness (QED) is 0.655. The smallest absolute Gasteiger partial charge is 0.146 e. The fraction of sp³-hybridized carbons (Fsp3) is 0.526. The van der Waals surface area contributed by atoms with Crippen LogP contribution >= 0.6 is 15.9 Å². The largest absolute Gasteiger partial charge is 0.298 e. The van der Waals surface area contributed by atoms with Crippen LogP contribution in [0.2, 0.25) is 0 Å². The second-order valence-electron chi connectivity index (χ2n) is 7.23. The number of aldehydes is 1. The Morgan fingerprint density at radius 1 is 1.29 bits per heavy atom. The van der Waals surface area contributed by atoms with Crippen molar-refractivity contribution >= 4 is 22.2 Å². The van der Waals surface area contributed by atoms with Gasteiger partial charge in [0.05, 0.1) is 0 Å². The zero-order chi connectivity index (χ0) is 14.6. The summed E-state index contributed by atoms with van der Waals surface area (Å²) >= 11 is 3.76. The maximum Gasteiger partial charge on any atom is 0.146 e. The predicted molar refractivity (Wildman–Crippen MR) is 88.5 cm³/mol. The summed E-state index contributed by atoms with van der Waals surface area (Å²) in [5, 5.41) is 0. The minimum Gasteiger partial charge on any atom is -0.298 e. The Morgan fingerprint density at radius 3 is 2.90 bits per heavy atom. The Hall–Kier alpha value is -0.890. The molecular formula is C19H21BrO. The van der Waals surface area contributed by atoms with Crippen molar-refractivity contribution in [1.29, 1.82) is 0 Å². The van der Waals surface area contributed by atoms with Gasteiger partial charge in [-0.15, -0.1) is 0 Å². The summed E-state index contributed by atoms with van der Waals surface area (Å²) in [6, 6.07) is 9.00. The summed E-state index contributed by atoms with van der Waals surface area (Å²) in [7, 11) is 0. The molecule has 21 heavy (non-hydrogen) atoms. The van der Waals surface area contributed by atoms with Crippen molar-refractivity contribution < 1.29 is 4.79 Å². The zero-order valence-corrected chi connectivity index (χ0v) is 14.0. The summed E-state index contributed by atoms with van der Waals surface area (Å²) < 4.78 is 1.20. The number of carbonyl (C=O) groups is 1. The highest BCUT2D eigenvalue weighted by Gasteiger charge is 2.53. The molecule has 0 radical (unpaired) electrons. The summed E-state index contributed by atoms with van der Waals surface area (Å²) in [6.45, 7) is 2.37. The van der Waals surface area contributed by atoms with Crippen molar-refractivity contribution in [2.75, 3.05) is 0 Å². The topological polar surface area (TPSA) is 17.1 Å². The number of benzene rings is 1. The van der Waals surface area contributed by atoms with E-state index in [9.17, 15) is 4.79 Å². The lowest BCUT2D eigenvalue weighted by Crippen LogP contribution is -2.40. The first kappa shape index (κ1) is 13.8. The number of halogens is 1. The molecule has 0 unspecified atom stereocenters. The molecule has 0 amide bonds. The van der Waals surface area contributed by atoms with Gasteiger partial charge in [0, 0.05) is 15.5 Å². The molecule has 2 heteroatoms. The van der Waals surface area contributed by atoms with Gasteiger partial charge in [-0.3, -0.25) is 4.79 Å². The Labute approximate surface area is 134 Å². The highest BCUT2D eigenvalue weighted by atomic mass is 79.9. The van der Waals surface area contributed by atoms with E-state index in [0.29, 0.717) is 11.8 Å². The third kappa shape index (κ3) is 1.84. The first-order valence-corrected chi connectivity index (χ1v) is 8.86. The molecule has 0 spiro atoms. The van der Waals surface area contributed by atoms with Gasteiger partial charge >= 0.3 is 0 Å². The number of hydrogen-bond acceptors (Lipinski definition) is 1. The zero-order valence-electron chi connectivity index (χ0n) is 12.4. The van der Waals surface area contributed by atoms with E-state index in [4.69, 9.17) is 0 Å². The Morgan fingerprint density at radius 2 is 2.10 bits per heavy atom. The summed E-state index contributed by atoms with van der Waals surface area (Å²) in [4.78, 5) is 11.4. The van der Waals surface area contributed by atoms with Crippen LogP contribution in [-0.4, -0.2) is 6.29 Å². The van der Waals surface area contributed by atoms with Crippen LogP contribution < -0.4 is 0 Å². The van der Waals surface area contributed by atoms with E-state index in [1.165, 1.54) is 30.2 Å². The molecule has 1 aromatic carbocycles. The summed E-state index contributed by atoms with van der Waals surface area (Å²) in [6.07, 6.45) is 7.01. The van der Waals surface area contributed by atoms with Gasteiger partial charge in [0.25, 0.3) is 0 Å². The van der Waals surface area contributed by atoms with E-state index in [-0.39, 0.29) is 5.41 Å². The van der Waals surface area contributed by atoms with E-state index >= 15 is 0 Å². The number of allylic oxidation sites excluding steroid dienone is 2. The van der Waals surface area contributed by atoms with Gasteiger partial charge in [0.1, 0.15) is 6.29 Å². The fourth-order valence-corrected chi connectivity index (χ4v) is 6.03. The molecule has 3 aliphatic carbocycles. The van der Waals surface area contributed by atoms with Crippen LogP contribution in [0.4, 0.5) is 0 Å². The van der Waals surface area contributed by atoms with Gasteiger partial charge in [-0.05, 0) is 61.0 Å². The van der Waals surface area contributed by atoms with Crippen molar-refractivity contribution in [2.45, 2.75) is 44.9 Å². The molecule has 4 atom stereocenters. The van der Waals surface area contributed by atoms with Crippen LogP contribution in [0.3, 0.4) is 0 Å². The van der Waals surface area contributed by atoms with Crippen LogP contribution in [0.5, 0.6) is 0 Å². The normalized spacial score (nSPS) is 37.7. The van der Waals surface area contributed by atoms with Crippen LogP contribution in [0.1, 0.15) is 49.7 Å². The molecule has 0 bridgehead atoms. The SMILES string of the molecule is C[C@]12CC[C@@H]3c4ccccc4CC[C@H]3[C@@H]1CC(C=O)=C2Br. The summed E-state index contributed by atoms with van der Waals surface area (Å²) in [5.41, 5.74) is 4.36. The van der Waals surface area contributed by atoms with Crippen molar-refractivity contribution in [2.24, 2.45) is 17.3 Å². The van der Waals surface area contributed by atoms with Crippen LogP contribution in [-0.2, 0) is 11.2 Å². The van der Waals surface area contributed by atoms with Gasteiger partial charge in [0.15, 0.2) is 0 Å². The van der Waals surface area contributed by atoms with E-state index < -0.39 is 0 Å². The van der Waals surface area contributed by atoms with Gasteiger partial charge in [-0.25, -0.2) is 0 Å². The molecule has 110 valence electrons. The molecule has 0 N–H and O–H groups in total. The lowest BCUT2D eigenvalue weighted by Gasteiger charge is -2.49. The first-order valence-electron chi connectivity index (χ1n) is 8.07. The molecule has 4 rings (SSSR count). The third-order valence-electron chi connectivity index (χ3n) is 6.39. The van der Waals surface area contributed by atoms with Crippen molar-refractivity contribution in [3.63, 3.8) is 0 Å². The van der Waals surface area contributed by atoms with Crippen LogP contribution in [0, 0.1) is 17.3 Å². The second-order valence-corrected chi connectivity index (χ2v) is 8.02. The van der Waals surface area contributed by atoms with Crippen LogP contribution in [0.25, 0.3) is 0 Å². The van der Waals surface area contributed by atoms with Crippen LogP contribution in [0.15, 0.2) is 34.3 Å². The van der Waals surface area contributed by atoms with Gasteiger partial charge < -0.3 is 0 Å². The van der Waals surface area contributed by atoms with E-state index in [2.05, 4.69) is 47.1 Å². The number of fused-ring (bicyclic) bond motifs is 5. The highest BCUT2D eigenvalue weighted by molar-refractivity contribution is 9.11. The minimum absolute atomic E-state index is 0.198. The average Bonchev–Trinajstić information content (AvgIpc) is 2.78. The molecule has 1 aromatic rings. The molecule has 1 saturated carbocycles. The maximum atomic E-state index is 11.4. The van der Waals surface area contributed by atoms with Gasteiger partial charge in [-0.2, -0.15) is 0 Å². The third-order valence-corrected chi connectivity index (χ3v) is 7.81. The lowest BCUT2D eigenvalue weighted by molar-refractivity contribution is -0.105. The van der Waals surface area contributed by atoms with E-state index in [1.54, 1.807) is 11.1 Å². The van der Waals surface area contributed by atoms with Gasteiger partial charge in [-0.1, -0.05) is 47.1 Å². The molecule has 0 aromatic heterocycles. The molecule has 0 saturated heterocycles. The monoisotopic (exact) mass is 344 g/mol. The average molecular weight is 345 g/mol. The van der Waals surface area contributed by atoms with Crippen molar-refractivity contribution in [3.8, 4) is 0 Å². The van der Waals surface area contributed by atoms with Crippen molar-refractivity contribution in [3.05, 3.63) is 45.4 Å². The molecule has 1 nitrogen and oxygen atoms in total. The molecular weight excluding hydrogens is 324 g/mol. The highest BCUT2D eigenvalue weighted by Crippen LogP contribution is 2.63. The van der Waals surface area contributed by atoms with Crippen molar-refractivity contribution in [1.82, 2.24) is 0 Å². The number of rotatable bonds is 1. The molecule has 0 heterocycles. The van der Waals surface area contributed by atoms with E-state index in [0.717, 1.165) is 24.2 Å². The lowest BCUT2D eigenvalue weighted by atomic mass is 9.56. The fourth-order valence-electron chi connectivity index (χ4n) is 5.28. The molecule has 1 fully saturated rings. The standard InChI is InChI=1S/C19H21BrO/c1-19-9-8-15-14-5-3-2-4-12(14)6-7-16(15)17(19)10-13(11-21)18(19)20/h2-5,11,15-17H,6-10H2,1H3/t15-,16-,17+,19+/m1/s1. The number of aryl methyl sites for hydroxylation is 1. The first-order chi connectivity index (χ1) is 10.1. The molecule has 3 aliphatic rings. The van der Waals surface area contributed by atoms with E-state index in [1.807, 2.05) is 0 Å². The minimum atomic E-state index is 0.198. The number of carbonyl (C=O) groups excluding carboxylic acids is 1. The molecule has 0 aliphatic heterocycles.